The summed E-state index contributed by atoms with van der Waals surface area (Å²) in [6.07, 6.45) is 4.46. The van der Waals surface area contributed by atoms with Crippen LogP contribution in [0.3, 0.4) is 0 Å². The number of aryl methyl sites for hydroxylation is 1. The fourth-order valence-electron chi connectivity index (χ4n) is 2.03. The molecule has 0 aromatic heterocycles. The topological polar surface area (TPSA) is 26.3 Å². The second-order valence-corrected chi connectivity index (χ2v) is 5.16. The molecular weight excluding hydrogens is 224 g/mol. The first kappa shape index (κ1) is 13.3. The van der Waals surface area contributed by atoms with E-state index < -0.39 is 0 Å². The van der Waals surface area contributed by atoms with E-state index in [1.165, 1.54) is 18.4 Å². The van der Waals surface area contributed by atoms with Gasteiger partial charge in [0.05, 0.1) is 0 Å². The lowest BCUT2D eigenvalue weighted by Crippen LogP contribution is -2.21. The molecule has 18 heavy (non-hydrogen) atoms. The molecule has 0 radical (unpaired) electrons. The van der Waals surface area contributed by atoms with Crippen molar-refractivity contribution in [2.24, 2.45) is 5.92 Å². The monoisotopic (exact) mass is 246 g/mol. The van der Waals surface area contributed by atoms with Gasteiger partial charge in [-0.1, -0.05) is 44.0 Å². The fourth-order valence-corrected chi connectivity index (χ4v) is 2.03. The summed E-state index contributed by atoms with van der Waals surface area (Å²) in [6.45, 7) is 4.67. The molecule has 1 unspecified atom stereocenters. The molecule has 1 atom stereocenters. The van der Waals surface area contributed by atoms with E-state index in [1.807, 2.05) is 31.2 Å². The third-order valence-electron chi connectivity index (χ3n) is 3.61. The molecule has 0 aliphatic heterocycles. The van der Waals surface area contributed by atoms with Gasteiger partial charge in [0.2, 0.25) is 0 Å². The summed E-state index contributed by atoms with van der Waals surface area (Å²) in [5.41, 5.74) is 2.01. The van der Waals surface area contributed by atoms with Gasteiger partial charge >= 0.3 is 0 Å². The summed E-state index contributed by atoms with van der Waals surface area (Å²) < 4.78 is 5.62. The minimum absolute atomic E-state index is 0.0912. The van der Waals surface area contributed by atoms with Crippen LogP contribution in [0.2, 0.25) is 0 Å². The van der Waals surface area contributed by atoms with E-state index in [9.17, 15) is 4.79 Å². The molecule has 1 fully saturated rings. The van der Waals surface area contributed by atoms with Crippen LogP contribution in [0, 0.1) is 5.92 Å². The van der Waals surface area contributed by atoms with Gasteiger partial charge in [-0.3, -0.25) is 4.79 Å². The van der Waals surface area contributed by atoms with E-state index in [0.29, 0.717) is 6.61 Å². The molecule has 0 amide bonds. The van der Waals surface area contributed by atoms with Crippen LogP contribution in [-0.2, 0) is 11.2 Å². The average Bonchev–Trinajstić information content (AvgIpc) is 3.22. The number of carbonyl (C=O) groups is 1. The zero-order valence-corrected chi connectivity index (χ0v) is 11.3. The van der Waals surface area contributed by atoms with Crippen molar-refractivity contribution < 1.29 is 9.53 Å². The summed E-state index contributed by atoms with van der Waals surface area (Å²) in [4.78, 5) is 12.1. The van der Waals surface area contributed by atoms with Crippen LogP contribution in [0.4, 0.5) is 0 Å². The standard InChI is InChI=1S/C16H22O2/c1-3-13-6-8-15(9-7-13)16(17)12(2)18-11-10-14-4-5-14/h6-9,12,14H,3-5,10-11H2,1-2H3. The molecule has 0 N–H and O–H groups in total. The van der Waals surface area contributed by atoms with Gasteiger partial charge in [0.15, 0.2) is 5.78 Å². The summed E-state index contributed by atoms with van der Waals surface area (Å²) in [7, 11) is 0. The molecule has 1 aliphatic rings. The van der Waals surface area contributed by atoms with E-state index in [-0.39, 0.29) is 11.9 Å². The lowest BCUT2D eigenvalue weighted by Gasteiger charge is -2.12. The van der Waals surface area contributed by atoms with Crippen LogP contribution in [-0.4, -0.2) is 18.5 Å². The van der Waals surface area contributed by atoms with Gasteiger partial charge in [-0.15, -0.1) is 0 Å². The zero-order chi connectivity index (χ0) is 13.0. The maximum absolute atomic E-state index is 12.1. The van der Waals surface area contributed by atoms with Gasteiger partial charge in [-0.05, 0) is 31.2 Å². The van der Waals surface area contributed by atoms with Gasteiger partial charge in [0, 0.05) is 12.2 Å². The van der Waals surface area contributed by atoms with E-state index >= 15 is 0 Å². The summed E-state index contributed by atoms with van der Waals surface area (Å²) in [6, 6.07) is 7.85. The molecule has 98 valence electrons. The molecule has 0 spiro atoms. The second kappa shape index (κ2) is 6.14. The van der Waals surface area contributed by atoms with E-state index in [2.05, 4.69) is 6.92 Å². The van der Waals surface area contributed by atoms with Crippen molar-refractivity contribution in [3.05, 3.63) is 35.4 Å². The van der Waals surface area contributed by atoms with E-state index in [4.69, 9.17) is 4.74 Å². The van der Waals surface area contributed by atoms with Crippen molar-refractivity contribution >= 4 is 5.78 Å². The molecule has 2 nitrogen and oxygen atoms in total. The molecule has 0 heterocycles. The van der Waals surface area contributed by atoms with Gasteiger partial charge in [-0.25, -0.2) is 0 Å². The number of ketones is 1. The van der Waals surface area contributed by atoms with Crippen LogP contribution in [0.1, 0.15) is 49.0 Å². The Balaban J connectivity index is 1.83. The lowest BCUT2D eigenvalue weighted by atomic mass is 10.0. The fraction of sp³-hybridized carbons (Fsp3) is 0.562. The Labute approximate surface area is 109 Å². The first-order chi connectivity index (χ1) is 8.70. The van der Waals surface area contributed by atoms with Crippen molar-refractivity contribution in [3.63, 3.8) is 0 Å². The van der Waals surface area contributed by atoms with Crippen LogP contribution in [0.5, 0.6) is 0 Å². The summed E-state index contributed by atoms with van der Waals surface area (Å²) >= 11 is 0. The predicted molar refractivity (Wildman–Crippen MR) is 72.9 cm³/mol. The smallest absolute Gasteiger partial charge is 0.191 e. The number of Topliss-reactive ketones (excluding diaryl/α,β-unsaturated/α-hetero) is 1. The average molecular weight is 246 g/mol. The molecule has 2 rings (SSSR count). The largest absolute Gasteiger partial charge is 0.370 e. The number of hydrogen-bond acceptors (Lipinski definition) is 2. The van der Waals surface area contributed by atoms with Crippen molar-refractivity contribution in [1.82, 2.24) is 0 Å². The highest BCUT2D eigenvalue weighted by Gasteiger charge is 2.22. The number of rotatable bonds is 7. The minimum atomic E-state index is -0.323. The van der Waals surface area contributed by atoms with Crippen molar-refractivity contribution in [3.8, 4) is 0 Å². The SMILES string of the molecule is CCc1ccc(C(=O)C(C)OCCC2CC2)cc1. The molecule has 2 heteroatoms. The van der Waals surface area contributed by atoms with Gasteiger partial charge in [-0.2, -0.15) is 0 Å². The van der Waals surface area contributed by atoms with Crippen LogP contribution >= 0.6 is 0 Å². The predicted octanol–water partition coefficient (Wildman–Crippen LogP) is 3.64. The molecule has 1 aromatic rings. The third-order valence-corrected chi connectivity index (χ3v) is 3.61. The Kier molecular flexibility index (Phi) is 4.54. The molecule has 0 bridgehead atoms. The minimum Gasteiger partial charge on any atom is -0.370 e. The number of carbonyl (C=O) groups excluding carboxylic acids is 1. The summed E-state index contributed by atoms with van der Waals surface area (Å²) in [5, 5.41) is 0. The van der Waals surface area contributed by atoms with Crippen LogP contribution < -0.4 is 0 Å². The quantitative estimate of drug-likeness (QED) is 0.687. The van der Waals surface area contributed by atoms with Crippen molar-refractivity contribution in [2.75, 3.05) is 6.61 Å². The van der Waals surface area contributed by atoms with Crippen molar-refractivity contribution in [2.45, 2.75) is 45.6 Å². The molecule has 1 aromatic carbocycles. The molecule has 1 aliphatic carbocycles. The third kappa shape index (κ3) is 3.67. The number of ether oxygens (including phenoxy) is 1. The number of benzene rings is 1. The Bertz CT molecular complexity index is 390. The number of hydrogen-bond donors (Lipinski definition) is 0. The van der Waals surface area contributed by atoms with Gasteiger partial charge < -0.3 is 4.74 Å². The first-order valence-corrected chi connectivity index (χ1v) is 6.95. The highest BCUT2D eigenvalue weighted by molar-refractivity contribution is 5.99. The van der Waals surface area contributed by atoms with E-state index in [0.717, 1.165) is 24.3 Å². The van der Waals surface area contributed by atoms with Gasteiger partial charge in [0.25, 0.3) is 0 Å². The molecule has 1 saturated carbocycles. The Hall–Kier alpha value is -1.15. The van der Waals surface area contributed by atoms with Crippen LogP contribution in [0.15, 0.2) is 24.3 Å². The first-order valence-electron chi connectivity index (χ1n) is 6.95. The Morgan fingerprint density at radius 1 is 1.33 bits per heavy atom. The highest BCUT2D eigenvalue weighted by atomic mass is 16.5. The van der Waals surface area contributed by atoms with Crippen molar-refractivity contribution in [1.29, 1.82) is 0 Å². The Morgan fingerprint density at radius 2 is 2.00 bits per heavy atom. The maximum Gasteiger partial charge on any atom is 0.191 e. The second-order valence-electron chi connectivity index (χ2n) is 5.16. The lowest BCUT2D eigenvalue weighted by molar-refractivity contribution is 0.0457. The maximum atomic E-state index is 12.1. The highest BCUT2D eigenvalue weighted by Crippen LogP contribution is 2.32. The van der Waals surface area contributed by atoms with Crippen LogP contribution in [0.25, 0.3) is 0 Å². The van der Waals surface area contributed by atoms with Gasteiger partial charge in [0.1, 0.15) is 6.10 Å². The normalized spacial score (nSPS) is 16.6. The Morgan fingerprint density at radius 3 is 2.56 bits per heavy atom. The molecular formula is C16H22O2. The van der Waals surface area contributed by atoms with E-state index in [1.54, 1.807) is 0 Å². The summed E-state index contributed by atoms with van der Waals surface area (Å²) in [5.74, 6) is 0.949. The molecule has 0 saturated heterocycles. The zero-order valence-electron chi connectivity index (χ0n) is 11.3.